The number of nitrogens with zero attached hydrogens (tertiary/aromatic N) is 1. The number of aromatic nitrogens is 1. The van der Waals surface area contributed by atoms with Gasteiger partial charge < -0.3 is 15.9 Å². The van der Waals surface area contributed by atoms with E-state index in [9.17, 15) is 10.2 Å². The number of aryl methyl sites for hydroxylation is 1. The quantitative estimate of drug-likeness (QED) is 0.674. The fourth-order valence-electron chi connectivity index (χ4n) is 1.30. The fourth-order valence-corrected chi connectivity index (χ4v) is 1.52. The summed E-state index contributed by atoms with van der Waals surface area (Å²) in [5.74, 6) is 0.282. The second-order valence-electron chi connectivity index (χ2n) is 3.48. The second-order valence-corrected chi connectivity index (χ2v) is 3.85. The molecule has 0 saturated carbocycles. The molecule has 1 rings (SSSR count). The Bertz CT molecular complexity index is 333. The number of aliphatic hydroxyl groups is 2. The molecule has 2 atom stereocenters. The van der Waals surface area contributed by atoms with Gasteiger partial charge in [0.25, 0.3) is 0 Å². The molecule has 15 heavy (non-hydrogen) atoms. The first-order valence-electron chi connectivity index (χ1n) is 4.70. The molecule has 0 aliphatic carbocycles. The van der Waals surface area contributed by atoms with Crippen molar-refractivity contribution in [2.45, 2.75) is 25.6 Å². The maximum absolute atomic E-state index is 9.74. The van der Waals surface area contributed by atoms with Crippen LogP contribution >= 0.6 is 11.6 Å². The maximum atomic E-state index is 9.74. The summed E-state index contributed by atoms with van der Waals surface area (Å²) in [5.41, 5.74) is 7.29. The van der Waals surface area contributed by atoms with Crippen molar-refractivity contribution in [2.75, 3.05) is 11.6 Å². The van der Waals surface area contributed by atoms with Crippen LogP contribution in [0.5, 0.6) is 0 Å². The van der Waals surface area contributed by atoms with Gasteiger partial charge in [-0.2, -0.15) is 0 Å². The number of anilines is 1. The lowest BCUT2D eigenvalue weighted by Crippen LogP contribution is -2.21. The Morgan fingerprint density at radius 3 is 2.73 bits per heavy atom. The molecule has 4 nitrogen and oxygen atoms in total. The zero-order valence-electron chi connectivity index (χ0n) is 8.52. The predicted octanol–water partition coefficient (Wildman–Crippen LogP) is 0.995. The van der Waals surface area contributed by atoms with Crippen LogP contribution in [-0.4, -0.2) is 27.2 Å². The van der Waals surface area contributed by atoms with Gasteiger partial charge in [-0.25, -0.2) is 0 Å². The Hall–Kier alpha value is -0.840. The number of halogens is 1. The summed E-state index contributed by atoms with van der Waals surface area (Å²) < 4.78 is 0. The summed E-state index contributed by atoms with van der Waals surface area (Å²) in [6, 6.07) is 1.71. The molecule has 84 valence electrons. The van der Waals surface area contributed by atoms with Crippen LogP contribution in [-0.2, 0) is 0 Å². The van der Waals surface area contributed by atoms with E-state index in [1.165, 1.54) is 0 Å². The first-order valence-corrected chi connectivity index (χ1v) is 5.23. The van der Waals surface area contributed by atoms with Crippen molar-refractivity contribution in [2.24, 2.45) is 0 Å². The Labute approximate surface area is 93.7 Å². The molecule has 0 spiro atoms. The van der Waals surface area contributed by atoms with E-state index < -0.39 is 12.2 Å². The number of alkyl halides is 1. The van der Waals surface area contributed by atoms with E-state index in [1.54, 1.807) is 12.3 Å². The summed E-state index contributed by atoms with van der Waals surface area (Å²) >= 11 is 5.47. The first-order chi connectivity index (χ1) is 7.06. The minimum Gasteiger partial charge on any atom is -0.397 e. The highest BCUT2D eigenvalue weighted by Gasteiger charge is 2.21. The Kier molecular flexibility index (Phi) is 4.32. The van der Waals surface area contributed by atoms with Crippen molar-refractivity contribution in [3.05, 3.63) is 23.5 Å². The van der Waals surface area contributed by atoms with E-state index in [4.69, 9.17) is 17.3 Å². The lowest BCUT2D eigenvalue weighted by atomic mass is 10.1. The highest BCUT2D eigenvalue weighted by molar-refractivity contribution is 6.17. The van der Waals surface area contributed by atoms with Crippen LogP contribution in [0.15, 0.2) is 12.3 Å². The smallest absolute Gasteiger partial charge is 0.124 e. The van der Waals surface area contributed by atoms with Crippen molar-refractivity contribution >= 4 is 17.3 Å². The summed E-state index contributed by atoms with van der Waals surface area (Å²) in [4.78, 5) is 4.00. The zero-order chi connectivity index (χ0) is 11.4. The molecule has 0 fully saturated rings. The van der Waals surface area contributed by atoms with Gasteiger partial charge in [0.05, 0.1) is 17.5 Å². The molecule has 1 heterocycles. The van der Waals surface area contributed by atoms with Gasteiger partial charge in [-0.15, -0.1) is 11.6 Å². The zero-order valence-corrected chi connectivity index (χ0v) is 9.28. The Morgan fingerprint density at radius 1 is 1.53 bits per heavy atom. The number of hydrogen-bond acceptors (Lipinski definition) is 4. The first kappa shape index (κ1) is 12.2. The molecule has 0 saturated heterocycles. The van der Waals surface area contributed by atoms with Crippen LogP contribution < -0.4 is 5.73 Å². The Morgan fingerprint density at radius 2 is 2.20 bits per heavy atom. The average Bonchev–Trinajstić information content (AvgIpc) is 2.17. The van der Waals surface area contributed by atoms with Gasteiger partial charge in [0, 0.05) is 12.1 Å². The van der Waals surface area contributed by atoms with Crippen molar-refractivity contribution in [1.82, 2.24) is 4.98 Å². The minimum atomic E-state index is -1.08. The fraction of sp³-hybridized carbons (Fsp3) is 0.500. The lowest BCUT2D eigenvalue weighted by molar-refractivity contribution is 0.0149. The number of hydrogen-bond donors (Lipinski definition) is 3. The number of rotatable bonds is 4. The topological polar surface area (TPSA) is 79.4 Å². The molecule has 1 aromatic rings. The van der Waals surface area contributed by atoms with Gasteiger partial charge >= 0.3 is 0 Å². The largest absolute Gasteiger partial charge is 0.397 e. The third kappa shape index (κ3) is 3.06. The van der Waals surface area contributed by atoms with E-state index in [0.29, 0.717) is 17.8 Å². The van der Waals surface area contributed by atoms with Gasteiger partial charge in [0.1, 0.15) is 6.10 Å². The van der Waals surface area contributed by atoms with Gasteiger partial charge in [-0.05, 0) is 25.0 Å². The van der Waals surface area contributed by atoms with Crippen LogP contribution in [0.1, 0.15) is 23.8 Å². The van der Waals surface area contributed by atoms with Crippen LogP contribution in [0, 0.1) is 6.92 Å². The molecular weight excluding hydrogens is 216 g/mol. The second kappa shape index (κ2) is 5.30. The third-order valence-electron chi connectivity index (χ3n) is 2.14. The number of aliphatic hydroxyl groups excluding tert-OH is 2. The molecule has 0 radical (unpaired) electrons. The minimum absolute atomic E-state index is 0.282. The molecule has 0 aliphatic heterocycles. The van der Waals surface area contributed by atoms with E-state index in [-0.39, 0.29) is 5.88 Å². The van der Waals surface area contributed by atoms with Crippen LogP contribution in [0.4, 0.5) is 5.69 Å². The highest BCUT2D eigenvalue weighted by Crippen LogP contribution is 2.23. The molecule has 4 N–H and O–H groups in total. The SMILES string of the molecule is Cc1cnc(C(O)C(O)CCCl)c(N)c1. The lowest BCUT2D eigenvalue weighted by Gasteiger charge is -2.17. The predicted molar refractivity (Wildman–Crippen MR) is 59.7 cm³/mol. The normalized spacial score (nSPS) is 14.9. The van der Waals surface area contributed by atoms with E-state index in [0.717, 1.165) is 5.56 Å². The summed E-state index contributed by atoms with van der Waals surface area (Å²) in [6.07, 6.45) is -0.107. The standard InChI is InChI=1S/C10H15ClN2O2/c1-6-4-7(12)9(13-5-6)10(15)8(14)2-3-11/h4-5,8,10,14-15H,2-3,12H2,1H3. The molecule has 1 aromatic heterocycles. The van der Waals surface area contributed by atoms with Crippen LogP contribution in [0.2, 0.25) is 0 Å². The molecule has 0 aliphatic rings. The van der Waals surface area contributed by atoms with Gasteiger partial charge in [-0.3, -0.25) is 4.98 Å². The summed E-state index contributed by atoms with van der Waals surface area (Å²) in [6.45, 7) is 1.86. The van der Waals surface area contributed by atoms with Crippen molar-refractivity contribution in [3.8, 4) is 0 Å². The molecule has 0 bridgehead atoms. The average molecular weight is 231 g/mol. The summed E-state index contributed by atoms with van der Waals surface area (Å²) in [5, 5.41) is 19.3. The van der Waals surface area contributed by atoms with Crippen LogP contribution in [0.3, 0.4) is 0 Å². The number of nitrogen functional groups attached to an aromatic ring is 1. The molecule has 2 unspecified atom stereocenters. The monoisotopic (exact) mass is 230 g/mol. The van der Waals surface area contributed by atoms with Crippen molar-refractivity contribution < 1.29 is 10.2 Å². The van der Waals surface area contributed by atoms with E-state index in [2.05, 4.69) is 4.98 Å². The van der Waals surface area contributed by atoms with Gasteiger partial charge in [0.15, 0.2) is 0 Å². The van der Waals surface area contributed by atoms with Crippen LogP contribution in [0.25, 0.3) is 0 Å². The molecule has 0 amide bonds. The van der Waals surface area contributed by atoms with Gasteiger partial charge in [0.2, 0.25) is 0 Å². The molecular formula is C10H15ClN2O2. The summed E-state index contributed by atoms with van der Waals surface area (Å²) in [7, 11) is 0. The Balaban J connectivity index is 2.86. The van der Waals surface area contributed by atoms with E-state index >= 15 is 0 Å². The van der Waals surface area contributed by atoms with Crippen molar-refractivity contribution in [1.29, 1.82) is 0 Å². The van der Waals surface area contributed by atoms with Crippen molar-refractivity contribution in [3.63, 3.8) is 0 Å². The van der Waals surface area contributed by atoms with E-state index in [1.807, 2.05) is 6.92 Å². The molecule has 0 aromatic carbocycles. The number of pyridine rings is 1. The van der Waals surface area contributed by atoms with Gasteiger partial charge in [-0.1, -0.05) is 0 Å². The highest BCUT2D eigenvalue weighted by atomic mass is 35.5. The maximum Gasteiger partial charge on any atom is 0.124 e. The third-order valence-corrected chi connectivity index (χ3v) is 2.35. The number of nitrogens with two attached hydrogens (primary N) is 1. The molecule has 5 heteroatoms.